The van der Waals surface area contributed by atoms with Crippen molar-refractivity contribution in [3.05, 3.63) is 23.3 Å². The Kier molecular flexibility index (Phi) is 4.38. The molecule has 0 radical (unpaired) electrons. The highest BCUT2D eigenvalue weighted by molar-refractivity contribution is 5.95. The van der Waals surface area contributed by atoms with Gasteiger partial charge in [-0.15, -0.1) is 0 Å². The van der Waals surface area contributed by atoms with E-state index in [0.29, 0.717) is 23.5 Å². The predicted molar refractivity (Wildman–Crippen MR) is 78.8 cm³/mol. The van der Waals surface area contributed by atoms with E-state index in [1.165, 1.54) is 0 Å². The molecule has 5 heteroatoms. The van der Waals surface area contributed by atoms with Crippen LogP contribution in [0.4, 0.5) is 0 Å². The summed E-state index contributed by atoms with van der Waals surface area (Å²) in [5, 5.41) is 3.44. The fourth-order valence-corrected chi connectivity index (χ4v) is 2.76. The number of carbonyl (C=O) groups excluding carboxylic acids is 1. The van der Waals surface area contributed by atoms with Crippen LogP contribution < -0.4 is 5.32 Å². The molecule has 0 saturated carbocycles. The molecule has 1 aliphatic rings. The second-order valence-corrected chi connectivity index (χ2v) is 6.05. The number of nitrogens with zero attached hydrogens (tertiary/aromatic N) is 3. The SMILES string of the molecule is Cc1ncc(C(=O)N2C[C@@H](C)N[C@@H](C)C2)c(C(C)C)n1. The van der Waals surface area contributed by atoms with Crippen LogP contribution in [0, 0.1) is 6.92 Å². The number of nitrogens with one attached hydrogen (secondary N) is 1. The molecule has 0 aromatic carbocycles. The third-order valence-corrected chi connectivity index (χ3v) is 3.56. The van der Waals surface area contributed by atoms with Crippen molar-refractivity contribution in [3.8, 4) is 0 Å². The summed E-state index contributed by atoms with van der Waals surface area (Å²) in [6.07, 6.45) is 1.68. The number of amides is 1. The van der Waals surface area contributed by atoms with Gasteiger partial charge in [-0.1, -0.05) is 13.8 Å². The summed E-state index contributed by atoms with van der Waals surface area (Å²) in [4.78, 5) is 23.3. The van der Waals surface area contributed by atoms with Crippen molar-refractivity contribution >= 4 is 5.91 Å². The van der Waals surface area contributed by atoms with E-state index in [-0.39, 0.29) is 11.8 Å². The van der Waals surface area contributed by atoms with E-state index >= 15 is 0 Å². The summed E-state index contributed by atoms with van der Waals surface area (Å²) in [6.45, 7) is 11.6. The molecular formula is C15H24N4O. The Balaban J connectivity index is 2.29. The number of aryl methyl sites for hydroxylation is 1. The van der Waals surface area contributed by atoms with Gasteiger partial charge in [0.1, 0.15) is 5.82 Å². The van der Waals surface area contributed by atoms with Gasteiger partial charge >= 0.3 is 0 Å². The fraction of sp³-hybridized carbons (Fsp3) is 0.667. The molecule has 1 N–H and O–H groups in total. The molecule has 0 aliphatic carbocycles. The van der Waals surface area contributed by atoms with Crippen LogP contribution in [0.5, 0.6) is 0 Å². The Morgan fingerprint density at radius 1 is 1.35 bits per heavy atom. The van der Waals surface area contributed by atoms with Crippen LogP contribution in [0.1, 0.15) is 55.5 Å². The summed E-state index contributed by atoms with van der Waals surface area (Å²) in [7, 11) is 0. The maximum Gasteiger partial charge on any atom is 0.257 e. The summed E-state index contributed by atoms with van der Waals surface area (Å²) in [5.41, 5.74) is 1.49. The zero-order chi connectivity index (χ0) is 14.9. The maximum absolute atomic E-state index is 12.7. The van der Waals surface area contributed by atoms with Gasteiger partial charge < -0.3 is 10.2 Å². The lowest BCUT2D eigenvalue weighted by Gasteiger charge is -2.36. The zero-order valence-corrected chi connectivity index (χ0v) is 13.0. The summed E-state index contributed by atoms with van der Waals surface area (Å²) in [6, 6.07) is 0.633. The molecule has 2 rings (SSSR count). The first-order valence-electron chi connectivity index (χ1n) is 7.27. The van der Waals surface area contributed by atoms with Gasteiger partial charge in [0, 0.05) is 31.4 Å². The van der Waals surface area contributed by atoms with Gasteiger partial charge in [0.25, 0.3) is 5.91 Å². The average Bonchev–Trinajstić information content (AvgIpc) is 2.36. The number of hydrogen-bond donors (Lipinski definition) is 1. The Hall–Kier alpha value is -1.49. The molecule has 1 aliphatic heterocycles. The number of aromatic nitrogens is 2. The van der Waals surface area contributed by atoms with Crippen molar-refractivity contribution < 1.29 is 4.79 Å². The first kappa shape index (κ1) is 14.9. The van der Waals surface area contributed by atoms with E-state index in [2.05, 4.69) is 43.0 Å². The minimum Gasteiger partial charge on any atom is -0.335 e. The lowest BCUT2D eigenvalue weighted by atomic mass is 10.0. The molecule has 2 heterocycles. The molecule has 5 nitrogen and oxygen atoms in total. The van der Waals surface area contributed by atoms with E-state index in [1.54, 1.807) is 6.20 Å². The van der Waals surface area contributed by atoms with Crippen molar-refractivity contribution in [1.82, 2.24) is 20.2 Å². The van der Waals surface area contributed by atoms with Crippen molar-refractivity contribution in [1.29, 1.82) is 0 Å². The monoisotopic (exact) mass is 276 g/mol. The minimum atomic E-state index is 0.0499. The van der Waals surface area contributed by atoms with Crippen LogP contribution in [0.2, 0.25) is 0 Å². The molecular weight excluding hydrogens is 252 g/mol. The van der Waals surface area contributed by atoms with Crippen LogP contribution in [-0.4, -0.2) is 45.9 Å². The molecule has 1 aromatic heterocycles. The minimum absolute atomic E-state index is 0.0499. The Morgan fingerprint density at radius 2 is 1.95 bits per heavy atom. The molecule has 0 bridgehead atoms. The topological polar surface area (TPSA) is 58.1 Å². The number of hydrogen-bond acceptors (Lipinski definition) is 4. The third kappa shape index (κ3) is 3.15. The Bertz CT molecular complexity index is 491. The van der Waals surface area contributed by atoms with Gasteiger partial charge in [0.2, 0.25) is 0 Å². The second-order valence-electron chi connectivity index (χ2n) is 6.05. The van der Waals surface area contributed by atoms with E-state index in [1.807, 2.05) is 11.8 Å². The quantitative estimate of drug-likeness (QED) is 0.893. The molecule has 0 unspecified atom stereocenters. The smallest absolute Gasteiger partial charge is 0.257 e. The molecule has 1 fully saturated rings. The molecule has 1 aromatic rings. The molecule has 110 valence electrons. The summed E-state index contributed by atoms with van der Waals surface area (Å²) < 4.78 is 0. The molecule has 2 atom stereocenters. The zero-order valence-electron chi connectivity index (χ0n) is 13.0. The van der Waals surface area contributed by atoms with Crippen molar-refractivity contribution in [2.24, 2.45) is 0 Å². The van der Waals surface area contributed by atoms with Crippen LogP contribution >= 0.6 is 0 Å². The lowest BCUT2D eigenvalue weighted by Crippen LogP contribution is -2.56. The number of piperazine rings is 1. The second kappa shape index (κ2) is 5.87. The Labute approximate surface area is 120 Å². The fourth-order valence-electron chi connectivity index (χ4n) is 2.76. The van der Waals surface area contributed by atoms with Gasteiger partial charge in [-0.2, -0.15) is 0 Å². The average molecular weight is 276 g/mol. The largest absolute Gasteiger partial charge is 0.335 e. The summed E-state index contributed by atoms with van der Waals surface area (Å²) >= 11 is 0. The molecule has 1 saturated heterocycles. The van der Waals surface area contributed by atoms with Gasteiger partial charge in [-0.25, -0.2) is 9.97 Å². The highest BCUT2D eigenvalue weighted by Crippen LogP contribution is 2.19. The molecule has 1 amide bonds. The van der Waals surface area contributed by atoms with E-state index < -0.39 is 0 Å². The van der Waals surface area contributed by atoms with E-state index in [9.17, 15) is 4.79 Å². The normalized spacial score (nSPS) is 23.2. The Morgan fingerprint density at radius 3 is 2.50 bits per heavy atom. The van der Waals surface area contributed by atoms with Crippen molar-refractivity contribution in [2.75, 3.05) is 13.1 Å². The van der Waals surface area contributed by atoms with Crippen LogP contribution in [0.25, 0.3) is 0 Å². The summed E-state index contributed by atoms with van der Waals surface area (Å²) in [5.74, 6) is 0.981. The van der Waals surface area contributed by atoms with Gasteiger partial charge in [0.05, 0.1) is 11.3 Å². The predicted octanol–water partition coefficient (Wildman–Crippen LogP) is 1.73. The van der Waals surface area contributed by atoms with Crippen LogP contribution in [0.15, 0.2) is 6.20 Å². The molecule has 20 heavy (non-hydrogen) atoms. The first-order chi connectivity index (χ1) is 9.38. The highest BCUT2D eigenvalue weighted by atomic mass is 16.2. The standard InChI is InChI=1S/C15H24N4O/c1-9(2)14-13(6-16-12(5)18-14)15(20)19-7-10(3)17-11(4)8-19/h6,9-11,17H,7-8H2,1-5H3/t10-,11+. The van der Waals surface area contributed by atoms with Crippen LogP contribution in [-0.2, 0) is 0 Å². The van der Waals surface area contributed by atoms with E-state index in [0.717, 1.165) is 18.8 Å². The number of carbonyl (C=O) groups is 1. The van der Waals surface area contributed by atoms with Gasteiger partial charge in [-0.05, 0) is 26.7 Å². The van der Waals surface area contributed by atoms with Crippen molar-refractivity contribution in [2.45, 2.75) is 52.6 Å². The third-order valence-electron chi connectivity index (χ3n) is 3.56. The molecule has 0 spiro atoms. The maximum atomic E-state index is 12.7. The van der Waals surface area contributed by atoms with E-state index in [4.69, 9.17) is 0 Å². The van der Waals surface area contributed by atoms with Crippen molar-refractivity contribution in [3.63, 3.8) is 0 Å². The van der Waals surface area contributed by atoms with Gasteiger partial charge in [0.15, 0.2) is 0 Å². The van der Waals surface area contributed by atoms with Crippen LogP contribution in [0.3, 0.4) is 0 Å². The first-order valence-corrected chi connectivity index (χ1v) is 7.27. The lowest BCUT2D eigenvalue weighted by molar-refractivity contribution is 0.0671. The van der Waals surface area contributed by atoms with Gasteiger partial charge in [-0.3, -0.25) is 4.79 Å². The number of rotatable bonds is 2. The highest BCUT2D eigenvalue weighted by Gasteiger charge is 2.28.